The lowest BCUT2D eigenvalue weighted by molar-refractivity contribution is -0.136. The minimum atomic E-state index is -0.827. The number of nitrogens with zero attached hydrogens (tertiary/aromatic N) is 2. The van der Waals surface area contributed by atoms with E-state index in [1.165, 1.54) is 5.56 Å². The second kappa shape index (κ2) is 13.0. The van der Waals surface area contributed by atoms with Gasteiger partial charge in [-0.15, -0.1) is 0 Å². The summed E-state index contributed by atoms with van der Waals surface area (Å²) >= 11 is 7.92. The first-order valence-corrected chi connectivity index (χ1v) is 13.2. The van der Waals surface area contributed by atoms with Crippen molar-refractivity contribution in [3.63, 3.8) is 0 Å². The van der Waals surface area contributed by atoms with Crippen molar-refractivity contribution in [1.82, 2.24) is 9.21 Å². The Labute approximate surface area is 216 Å². The molecule has 0 spiro atoms. The fourth-order valence-corrected chi connectivity index (χ4v) is 5.25. The number of hydrogen-bond donors (Lipinski definition) is 1. The summed E-state index contributed by atoms with van der Waals surface area (Å²) in [7, 11) is 0. The quantitative estimate of drug-likeness (QED) is 0.341. The van der Waals surface area contributed by atoms with Crippen LogP contribution >= 0.6 is 23.5 Å². The zero-order chi connectivity index (χ0) is 24.5. The largest absolute Gasteiger partial charge is 0.489 e. The van der Waals surface area contributed by atoms with E-state index < -0.39 is 5.97 Å². The highest BCUT2D eigenvalue weighted by atomic mass is 35.5. The van der Waals surface area contributed by atoms with Crippen LogP contribution < -0.4 is 4.74 Å². The Morgan fingerprint density at radius 1 is 0.914 bits per heavy atom. The van der Waals surface area contributed by atoms with Crippen molar-refractivity contribution >= 4 is 29.5 Å². The van der Waals surface area contributed by atoms with Crippen molar-refractivity contribution < 1.29 is 14.6 Å². The van der Waals surface area contributed by atoms with Gasteiger partial charge in [0.1, 0.15) is 12.4 Å². The van der Waals surface area contributed by atoms with E-state index in [1.807, 2.05) is 54.4 Å². The summed E-state index contributed by atoms with van der Waals surface area (Å²) in [6, 6.07) is 24.0. The highest BCUT2D eigenvalue weighted by Crippen LogP contribution is 2.25. The van der Waals surface area contributed by atoms with Crippen LogP contribution in [-0.4, -0.2) is 52.2 Å². The summed E-state index contributed by atoms with van der Waals surface area (Å²) in [4.78, 5) is 13.7. The molecule has 1 aliphatic rings. The van der Waals surface area contributed by atoms with Crippen LogP contribution in [-0.2, 0) is 30.8 Å². The molecule has 0 unspecified atom stereocenters. The van der Waals surface area contributed by atoms with Gasteiger partial charge in [-0.3, -0.25) is 9.69 Å². The number of carbonyl (C=O) groups is 1. The number of rotatable bonds is 11. The third kappa shape index (κ3) is 8.29. The normalized spacial score (nSPS) is 14.7. The molecule has 5 nitrogen and oxygen atoms in total. The van der Waals surface area contributed by atoms with Gasteiger partial charge in [0, 0.05) is 49.1 Å². The molecule has 0 saturated carbocycles. The Balaban J connectivity index is 1.32. The fourth-order valence-electron chi connectivity index (χ4n) is 4.12. The molecule has 3 aromatic rings. The summed E-state index contributed by atoms with van der Waals surface area (Å²) in [6.45, 7) is 5.14. The molecular formula is C28H31ClN2O3S. The fraction of sp³-hybridized carbons (Fsp3) is 0.321. The molecule has 0 bridgehead atoms. The molecule has 0 atom stereocenters. The average molecular weight is 511 g/mol. The Kier molecular flexibility index (Phi) is 9.49. The van der Waals surface area contributed by atoms with Gasteiger partial charge >= 0.3 is 5.97 Å². The maximum Gasteiger partial charge on any atom is 0.307 e. The maximum absolute atomic E-state index is 11.2. The van der Waals surface area contributed by atoms with Gasteiger partial charge in [0.05, 0.1) is 6.42 Å². The molecule has 1 saturated heterocycles. The summed E-state index contributed by atoms with van der Waals surface area (Å²) in [5, 5.41) is 9.93. The van der Waals surface area contributed by atoms with Crippen LogP contribution in [0.5, 0.6) is 5.75 Å². The van der Waals surface area contributed by atoms with Crippen LogP contribution in [0.25, 0.3) is 0 Å². The lowest BCUT2D eigenvalue weighted by Gasteiger charge is -2.34. The van der Waals surface area contributed by atoms with E-state index in [4.69, 9.17) is 16.3 Å². The van der Waals surface area contributed by atoms with E-state index in [1.54, 1.807) is 0 Å². The van der Waals surface area contributed by atoms with E-state index in [0.717, 1.165) is 67.3 Å². The molecule has 1 fully saturated rings. The molecule has 1 heterocycles. The van der Waals surface area contributed by atoms with Gasteiger partial charge in [-0.1, -0.05) is 78.1 Å². The summed E-state index contributed by atoms with van der Waals surface area (Å²) < 4.78 is 8.61. The summed E-state index contributed by atoms with van der Waals surface area (Å²) in [5.74, 6) is 1.06. The smallest absolute Gasteiger partial charge is 0.307 e. The first-order chi connectivity index (χ1) is 17.0. The van der Waals surface area contributed by atoms with Gasteiger partial charge in [-0.25, -0.2) is 4.31 Å². The first-order valence-electron chi connectivity index (χ1n) is 11.9. The topological polar surface area (TPSA) is 53.0 Å². The number of halogens is 1. The van der Waals surface area contributed by atoms with Crippen LogP contribution in [0.15, 0.2) is 72.8 Å². The van der Waals surface area contributed by atoms with Crippen LogP contribution in [0.3, 0.4) is 0 Å². The molecule has 0 aliphatic carbocycles. The van der Waals surface area contributed by atoms with Gasteiger partial charge in [0.15, 0.2) is 0 Å². The highest BCUT2D eigenvalue weighted by molar-refractivity contribution is 7.97. The van der Waals surface area contributed by atoms with Gasteiger partial charge < -0.3 is 9.84 Å². The van der Waals surface area contributed by atoms with Crippen molar-refractivity contribution in [2.75, 3.05) is 31.9 Å². The van der Waals surface area contributed by atoms with Crippen LogP contribution in [0.2, 0.25) is 5.02 Å². The van der Waals surface area contributed by atoms with E-state index >= 15 is 0 Å². The number of hydrogen-bond acceptors (Lipinski definition) is 5. The second-order valence-electron chi connectivity index (χ2n) is 8.70. The van der Waals surface area contributed by atoms with Crippen LogP contribution in [0.1, 0.15) is 22.3 Å². The number of benzene rings is 3. The van der Waals surface area contributed by atoms with E-state index in [0.29, 0.717) is 11.6 Å². The van der Waals surface area contributed by atoms with Crippen LogP contribution in [0.4, 0.5) is 0 Å². The molecule has 1 aliphatic heterocycles. The molecule has 35 heavy (non-hydrogen) atoms. The zero-order valence-electron chi connectivity index (χ0n) is 19.7. The molecule has 0 aromatic heterocycles. The average Bonchev–Trinajstić information content (AvgIpc) is 2.86. The number of aliphatic carboxylic acids is 1. The number of carboxylic acid groups (broad SMARTS) is 1. The van der Waals surface area contributed by atoms with Crippen molar-refractivity contribution in [2.45, 2.75) is 26.0 Å². The van der Waals surface area contributed by atoms with E-state index in [-0.39, 0.29) is 6.42 Å². The lowest BCUT2D eigenvalue weighted by atomic mass is 10.1. The number of ether oxygens (including phenoxy) is 1. The number of piperazine rings is 1. The predicted molar refractivity (Wildman–Crippen MR) is 143 cm³/mol. The molecule has 0 radical (unpaired) electrons. The van der Waals surface area contributed by atoms with Gasteiger partial charge in [0.2, 0.25) is 0 Å². The predicted octanol–water partition coefficient (Wildman–Crippen LogP) is 5.55. The third-order valence-corrected chi connectivity index (χ3v) is 7.39. The SMILES string of the molecule is O=C(O)Cc1ccc(OCc2ccc(Cl)cc2)c(CN2CCN(SCCc3ccccc3)CC2)c1. The minimum Gasteiger partial charge on any atom is -0.489 e. The zero-order valence-corrected chi connectivity index (χ0v) is 21.3. The van der Waals surface area contributed by atoms with Crippen molar-refractivity contribution in [1.29, 1.82) is 0 Å². The van der Waals surface area contributed by atoms with Gasteiger partial charge in [0.25, 0.3) is 0 Å². The first kappa shape index (κ1) is 25.6. The molecule has 184 valence electrons. The highest BCUT2D eigenvalue weighted by Gasteiger charge is 2.19. The molecule has 0 amide bonds. The number of carboxylic acids is 1. The molecular weight excluding hydrogens is 480 g/mol. The Morgan fingerprint density at radius 2 is 1.63 bits per heavy atom. The standard InChI is InChI=1S/C28H31ClN2O3S/c29-26-9-6-23(7-10-26)21-34-27-11-8-24(19-28(32)33)18-25(27)20-30-13-15-31(16-14-30)35-17-12-22-4-2-1-3-5-22/h1-11,18H,12-17,19-21H2,(H,32,33). The van der Waals surface area contributed by atoms with Gasteiger partial charge in [-0.2, -0.15) is 0 Å². The maximum atomic E-state index is 11.2. The minimum absolute atomic E-state index is 0.0102. The molecule has 1 N–H and O–H groups in total. The summed E-state index contributed by atoms with van der Waals surface area (Å²) in [5.41, 5.74) is 4.24. The van der Waals surface area contributed by atoms with Gasteiger partial charge in [-0.05, 0) is 41.3 Å². The van der Waals surface area contributed by atoms with E-state index in [2.05, 4.69) is 39.5 Å². The van der Waals surface area contributed by atoms with Crippen LogP contribution in [0, 0.1) is 0 Å². The molecule has 7 heteroatoms. The van der Waals surface area contributed by atoms with Crippen molar-refractivity contribution in [3.05, 3.63) is 100 Å². The lowest BCUT2D eigenvalue weighted by Crippen LogP contribution is -2.43. The molecule has 4 rings (SSSR count). The summed E-state index contributed by atoms with van der Waals surface area (Å²) in [6.07, 6.45) is 1.09. The Bertz CT molecular complexity index is 1090. The number of aryl methyl sites for hydroxylation is 1. The van der Waals surface area contributed by atoms with Crippen molar-refractivity contribution in [2.24, 2.45) is 0 Å². The second-order valence-corrected chi connectivity index (χ2v) is 10.3. The Morgan fingerprint density at radius 3 is 2.34 bits per heavy atom. The monoisotopic (exact) mass is 510 g/mol. The van der Waals surface area contributed by atoms with Crippen molar-refractivity contribution in [3.8, 4) is 5.75 Å². The Hall–Kier alpha value is -2.51. The van der Waals surface area contributed by atoms with E-state index in [9.17, 15) is 9.90 Å². The molecule has 3 aromatic carbocycles. The third-order valence-electron chi connectivity index (χ3n) is 6.02.